The molecule has 0 atom stereocenters. The van der Waals surface area contributed by atoms with Crippen molar-refractivity contribution in [3.05, 3.63) is 0 Å². The van der Waals surface area contributed by atoms with Gasteiger partial charge in [0.05, 0.1) is 12.9 Å². The van der Waals surface area contributed by atoms with Gasteiger partial charge in [0.15, 0.2) is 0 Å². The molecule has 0 rings (SSSR count). The van der Waals surface area contributed by atoms with Crippen molar-refractivity contribution in [3.8, 4) is 0 Å². The van der Waals surface area contributed by atoms with E-state index < -0.39 is 10.1 Å². The average Bonchev–Trinajstić information content (AvgIpc) is 1.84. The number of hydrogen-bond acceptors (Lipinski definition) is 4. The monoisotopic (exact) mass is 184 g/mol. The molecule has 0 spiro atoms. The molecule has 5 heteroatoms. The maximum absolute atomic E-state index is 10.2. The van der Waals surface area contributed by atoms with E-state index in [4.69, 9.17) is 5.11 Å². The van der Waals surface area contributed by atoms with Gasteiger partial charge < -0.3 is 5.11 Å². The van der Waals surface area contributed by atoms with Crippen LogP contribution in [0, 0.1) is 0 Å². The molecule has 0 amide bonds. The Morgan fingerprint density at radius 3 is 1.82 bits per heavy atom. The van der Waals surface area contributed by atoms with Crippen LogP contribution in [0.5, 0.6) is 0 Å². The lowest BCUT2D eigenvalue weighted by Crippen LogP contribution is -2.02. The Morgan fingerprint density at radius 2 is 1.73 bits per heavy atom. The number of rotatable bonds is 3. The molecule has 0 aliphatic heterocycles. The summed E-state index contributed by atoms with van der Waals surface area (Å²) in [6.07, 6.45) is 1.77. The summed E-state index contributed by atoms with van der Waals surface area (Å²) in [5.41, 5.74) is 0. The standard InChI is InChI=1S/C4H10O3S.C2H6O/c1-3-4-7-8(2,5)6;1-2-3/h3-4H2,1-2H3;3H,2H2,1H3. The highest BCUT2D eigenvalue weighted by Gasteiger charge is 1.96. The lowest BCUT2D eigenvalue weighted by Gasteiger charge is -1.94. The third kappa shape index (κ3) is 25.8. The molecule has 0 aliphatic carbocycles. The van der Waals surface area contributed by atoms with Gasteiger partial charge in [-0.1, -0.05) is 6.92 Å². The molecule has 11 heavy (non-hydrogen) atoms. The van der Waals surface area contributed by atoms with Crippen LogP contribution in [0.15, 0.2) is 0 Å². The van der Waals surface area contributed by atoms with E-state index in [0.717, 1.165) is 12.7 Å². The molecule has 1 N–H and O–H groups in total. The summed E-state index contributed by atoms with van der Waals surface area (Å²) in [5, 5.41) is 7.57. The van der Waals surface area contributed by atoms with Gasteiger partial charge in [0, 0.05) is 6.61 Å². The zero-order chi connectivity index (χ0) is 9.33. The largest absolute Gasteiger partial charge is 0.397 e. The molecule has 70 valence electrons. The molecule has 0 radical (unpaired) electrons. The van der Waals surface area contributed by atoms with Crippen molar-refractivity contribution in [2.75, 3.05) is 19.5 Å². The summed E-state index contributed by atoms with van der Waals surface area (Å²) in [7, 11) is -3.19. The molecule has 4 nitrogen and oxygen atoms in total. The molecular weight excluding hydrogens is 168 g/mol. The first-order valence-electron chi connectivity index (χ1n) is 3.43. The first-order valence-corrected chi connectivity index (χ1v) is 5.24. The lowest BCUT2D eigenvalue weighted by molar-refractivity contribution is 0.318. The Morgan fingerprint density at radius 1 is 1.36 bits per heavy atom. The predicted octanol–water partition coefficient (Wildman–Crippen LogP) is 0.371. The SMILES string of the molecule is CCCOS(C)(=O)=O.CCO. The van der Waals surface area contributed by atoms with E-state index in [0.29, 0.717) is 6.61 Å². The number of aliphatic hydroxyl groups is 1. The molecule has 0 fully saturated rings. The molecule has 0 heterocycles. The van der Waals surface area contributed by atoms with Crippen molar-refractivity contribution < 1.29 is 17.7 Å². The third-order valence-corrected chi connectivity index (χ3v) is 1.10. The van der Waals surface area contributed by atoms with E-state index in [2.05, 4.69) is 4.18 Å². The van der Waals surface area contributed by atoms with Crippen LogP contribution in [-0.2, 0) is 14.3 Å². The van der Waals surface area contributed by atoms with Crippen molar-refractivity contribution >= 4 is 10.1 Å². The van der Waals surface area contributed by atoms with Crippen LogP contribution in [0.1, 0.15) is 20.3 Å². The summed E-state index contributed by atoms with van der Waals surface area (Å²) in [6.45, 7) is 4.07. The predicted molar refractivity (Wildman–Crippen MR) is 43.8 cm³/mol. The zero-order valence-corrected chi connectivity index (χ0v) is 8.02. The number of hydrogen-bond donors (Lipinski definition) is 1. The van der Waals surface area contributed by atoms with Gasteiger partial charge in [0.1, 0.15) is 0 Å². The van der Waals surface area contributed by atoms with Crippen LogP contribution < -0.4 is 0 Å². The topological polar surface area (TPSA) is 63.6 Å². The highest BCUT2D eigenvalue weighted by molar-refractivity contribution is 7.85. The van der Waals surface area contributed by atoms with Crippen molar-refractivity contribution in [2.45, 2.75) is 20.3 Å². The Balaban J connectivity index is 0. The van der Waals surface area contributed by atoms with Crippen molar-refractivity contribution in [1.29, 1.82) is 0 Å². The average molecular weight is 184 g/mol. The second-order valence-electron chi connectivity index (χ2n) is 1.84. The van der Waals surface area contributed by atoms with Crippen molar-refractivity contribution in [1.82, 2.24) is 0 Å². The molecule has 0 saturated carbocycles. The Hall–Kier alpha value is -0.130. The van der Waals surface area contributed by atoms with Crippen LogP contribution in [-0.4, -0.2) is 33.0 Å². The summed E-state index contributed by atoms with van der Waals surface area (Å²) in [4.78, 5) is 0. The minimum Gasteiger partial charge on any atom is -0.397 e. The van der Waals surface area contributed by atoms with E-state index in [1.165, 1.54) is 0 Å². The second kappa shape index (κ2) is 7.97. The molecule has 0 aromatic heterocycles. The molecular formula is C6H16O4S. The fourth-order valence-electron chi connectivity index (χ4n) is 0.235. The van der Waals surface area contributed by atoms with E-state index in [1.807, 2.05) is 6.92 Å². The molecule has 0 bridgehead atoms. The lowest BCUT2D eigenvalue weighted by atomic mass is 10.5. The van der Waals surface area contributed by atoms with Crippen LogP contribution in [0.25, 0.3) is 0 Å². The maximum Gasteiger partial charge on any atom is 0.264 e. The Labute approximate surface area is 68.3 Å². The van der Waals surface area contributed by atoms with Crippen molar-refractivity contribution in [2.24, 2.45) is 0 Å². The summed E-state index contributed by atoms with van der Waals surface area (Å²) in [6, 6.07) is 0. The maximum atomic E-state index is 10.2. The third-order valence-electron chi connectivity index (χ3n) is 0.502. The van der Waals surface area contributed by atoms with Crippen molar-refractivity contribution in [3.63, 3.8) is 0 Å². The van der Waals surface area contributed by atoms with Gasteiger partial charge in [0.2, 0.25) is 0 Å². The molecule has 0 aliphatic rings. The van der Waals surface area contributed by atoms with Crippen LogP contribution >= 0.6 is 0 Å². The van der Waals surface area contributed by atoms with Gasteiger partial charge in [-0.05, 0) is 13.3 Å². The normalized spacial score (nSPS) is 10.2. The smallest absolute Gasteiger partial charge is 0.264 e. The first kappa shape index (κ1) is 13.5. The van der Waals surface area contributed by atoms with E-state index in [-0.39, 0.29) is 6.61 Å². The highest BCUT2D eigenvalue weighted by Crippen LogP contribution is 1.86. The Kier molecular flexibility index (Phi) is 9.75. The quantitative estimate of drug-likeness (QED) is 0.644. The summed E-state index contributed by atoms with van der Waals surface area (Å²) >= 11 is 0. The van der Waals surface area contributed by atoms with Gasteiger partial charge >= 0.3 is 0 Å². The molecule has 0 saturated heterocycles. The van der Waals surface area contributed by atoms with Crippen LogP contribution in [0.4, 0.5) is 0 Å². The Bertz CT molecular complexity index is 150. The van der Waals surface area contributed by atoms with Crippen LogP contribution in [0.2, 0.25) is 0 Å². The minimum atomic E-state index is -3.19. The van der Waals surface area contributed by atoms with E-state index >= 15 is 0 Å². The van der Waals surface area contributed by atoms with E-state index in [1.54, 1.807) is 6.92 Å². The van der Waals surface area contributed by atoms with Gasteiger partial charge in [-0.25, -0.2) is 0 Å². The number of aliphatic hydroxyl groups excluding tert-OH is 1. The minimum absolute atomic E-state index is 0.250. The molecule has 0 aromatic carbocycles. The fraction of sp³-hybridized carbons (Fsp3) is 1.00. The molecule has 0 unspecified atom stereocenters. The molecule has 0 aromatic rings. The summed E-state index contributed by atoms with van der Waals surface area (Å²) in [5.74, 6) is 0. The first-order chi connectivity index (χ1) is 4.97. The highest BCUT2D eigenvalue weighted by atomic mass is 32.2. The van der Waals surface area contributed by atoms with Gasteiger partial charge in [-0.15, -0.1) is 0 Å². The van der Waals surface area contributed by atoms with Crippen LogP contribution in [0.3, 0.4) is 0 Å². The van der Waals surface area contributed by atoms with Gasteiger partial charge in [-0.2, -0.15) is 8.42 Å². The van der Waals surface area contributed by atoms with Gasteiger partial charge in [-0.3, -0.25) is 4.18 Å². The second-order valence-corrected chi connectivity index (χ2v) is 3.49. The fourth-order valence-corrected chi connectivity index (χ4v) is 0.704. The van der Waals surface area contributed by atoms with Gasteiger partial charge in [0.25, 0.3) is 10.1 Å². The van der Waals surface area contributed by atoms with E-state index in [9.17, 15) is 8.42 Å². The summed E-state index contributed by atoms with van der Waals surface area (Å²) < 4.78 is 24.7. The zero-order valence-electron chi connectivity index (χ0n) is 7.20.